The minimum Gasteiger partial charge on any atom is -0.347 e. The number of nitrogens with zero attached hydrogens (tertiary/aromatic N) is 1. The lowest BCUT2D eigenvalue weighted by atomic mass is 9.82. The Morgan fingerprint density at radius 2 is 1.91 bits per heavy atom. The molecule has 3 heteroatoms. The first-order valence-corrected chi connectivity index (χ1v) is 9.10. The Hall–Kier alpha value is -1.16. The van der Waals surface area contributed by atoms with Crippen molar-refractivity contribution >= 4 is 5.57 Å². The van der Waals surface area contributed by atoms with E-state index in [-0.39, 0.29) is 5.79 Å². The summed E-state index contributed by atoms with van der Waals surface area (Å²) in [5, 5.41) is 0. The molecule has 1 aliphatic carbocycles. The summed E-state index contributed by atoms with van der Waals surface area (Å²) in [5.41, 5.74) is 2.87. The van der Waals surface area contributed by atoms with Gasteiger partial charge in [0.05, 0.1) is 13.2 Å². The quantitative estimate of drug-likeness (QED) is 0.849. The Kier molecular flexibility index (Phi) is 4.52. The Morgan fingerprint density at radius 1 is 1.09 bits per heavy atom. The Labute approximate surface area is 139 Å². The fourth-order valence-electron chi connectivity index (χ4n) is 4.37. The molecule has 0 radical (unpaired) electrons. The second-order valence-corrected chi connectivity index (χ2v) is 7.06. The topological polar surface area (TPSA) is 21.7 Å². The highest BCUT2D eigenvalue weighted by atomic mass is 16.7. The van der Waals surface area contributed by atoms with Gasteiger partial charge in [-0.1, -0.05) is 42.8 Å². The Balaban J connectivity index is 1.40. The molecule has 0 aromatic heterocycles. The van der Waals surface area contributed by atoms with E-state index >= 15 is 0 Å². The van der Waals surface area contributed by atoms with E-state index in [0.717, 1.165) is 45.7 Å². The van der Waals surface area contributed by atoms with Crippen LogP contribution in [0.5, 0.6) is 0 Å². The van der Waals surface area contributed by atoms with Gasteiger partial charge in [-0.15, -0.1) is 0 Å². The Morgan fingerprint density at radius 3 is 2.65 bits per heavy atom. The van der Waals surface area contributed by atoms with Crippen molar-refractivity contribution in [1.29, 1.82) is 0 Å². The SMILES string of the molecule is C1=C(c2ccccc2)CCN(CC2CCCCC23OCCO3)C1. The molecule has 0 bridgehead atoms. The van der Waals surface area contributed by atoms with Gasteiger partial charge < -0.3 is 9.47 Å². The van der Waals surface area contributed by atoms with Crippen LogP contribution in [0.2, 0.25) is 0 Å². The molecule has 1 saturated heterocycles. The van der Waals surface area contributed by atoms with Crippen LogP contribution in [0.15, 0.2) is 36.4 Å². The average molecular weight is 313 g/mol. The molecule has 124 valence electrons. The van der Waals surface area contributed by atoms with E-state index in [4.69, 9.17) is 9.47 Å². The summed E-state index contributed by atoms with van der Waals surface area (Å²) < 4.78 is 12.1. The molecule has 1 atom stereocenters. The van der Waals surface area contributed by atoms with E-state index in [1.807, 2.05) is 0 Å². The molecular weight excluding hydrogens is 286 g/mol. The summed E-state index contributed by atoms with van der Waals surface area (Å²) in [6, 6.07) is 10.8. The van der Waals surface area contributed by atoms with Crippen LogP contribution in [-0.4, -0.2) is 43.5 Å². The lowest BCUT2D eigenvalue weighted by molar-refractivity contribution is -0.215. The number of hydrogen-bond acceptors (Lipinski definition) is 3. The molecule has 1 saturated carbocycles. The van der Waals surface area contributed by atoms with E-state index < -0.39 is 0 Å². The molecule has 2 heterocycles. The highest BCUT2D eigenvalue weighted by Crippen LogP contribution is 2.41. The van der Waals surface area contributed by atoms with Crippen molar-refractivity contribution in [1.82, 2.24) is 4.90 Å². The van der Waals surface area contributed by atoms with Gasteiger partial charge in [-0.3, -0.25) is 4.90 Å². The zero-order valence-corrected chi connectivity index (χ0v) is 13.9. The first kappa shape index (κ1) is 15.4. The van der Waals surface area contributed by atoms with Crippen LogP contribution >= 0.6 is 0 Å². The first-order chi connectivity index (χ1) is 11.4. The lowest BCUT2D eigenvalue weighted by Gasteiger charge is -2.42. The van der Waals surface area contributed by atoms with Gasteiger partial charge in [0.2, 0.25) is 0 Å². The number of ether oxygens (including phenoxy) is 2. The van der Waals surface area contributed by atoms with Crippen molar-refractivity contribution in [3.8, 4) is 0 Å². The summed E-state index contributed by atoms with van der Waals surface area (Å²) in [4.78, 5) is 2.58. The van der Waals surface area contributed by atoms with Crippen molar-refractivity contribution in [2.24, 2.45) is 5.92 Å². The molecule has 0 amide bonds. The molecule has 2 fully saturated rings. The van der Waals surface area contributed by atoms with Gasteiger partial charge in [-0.2, -0.15) is 0 Å². The zero-order chi connectivity index (χ0) is 15.5. The van der Waals surface area contributed by atoms with E-state index in [9.17, 15) is 0 Å². The van der Waals surface area contributed by atoms with Gasteiger partial charge in [-0.25, -0.2) is 0 Å². The molecule has 0 N–H and O–H groups in total. The van der Waals surface area contributed by atoms with Crippen LogP contribution in [0.1, 0.15) is 37.7 Å². The fraction of sp³-hybridized carbons (Fsp3) is 0.600. The molecule has 4 rings (SSSR count). The van der Waals surface area contributed by atoms with Gasteiger partial charge in [0, 0.05) is 32.0 Å². The van der Waals surface area contributed by atoms with Crippen LogP contribution < -0.4 is 0 Å². The molecular formula is C20H27NO2. The van der Waals surface area contributed by atoms with Crippen molar-refractivity contribution in [3.05, 3.63) is 42.0 Å². The molecule has 3 nitrogen and oxygen atoms in total. The largest absolute Gasteiger partial charge is 0.347 e. The number of rotatable bonds is 3. The first-order valence-electron chi connectivity index (χ1n) is 9.10. The van der Waals surface area contributed by atoms with Crippen LogP contribution in [0.3, 0.4) is 0 Å². The van der Waals surface area contributed by atoms with Crippen molar-refractivity contribution in [3.63, 3.8) is 0 Å². The van der Waals surface area contributed by atoms with Crippen LogP contribution in [-0.2, 0) is 9.47 Å². The summed E-state index contributed by atoms with van der Waals surface area (Å²) in [6.45, 7) is 4.85. The molecule has 3 aliphatic rings. The smallest absolute Gasteiger partial charge is 0.172 e. The van der Waals surface area contributed by atoms with Gasteiger partial charge >= 0.3 is 0 Å². The van der Waals surface area contributed by atoms with Gasteiger partial charge in [0.1, 0.15) is 0 Å². The monoisotopic (exact) mass is 313 g/mol. The molecule has 1 aromatic carbocycles. The van der Waals surface area contributed by atoms with Gasteiger partial charge in [0.25, 0.3) is 0 Å². The maximum absolute atomic E-state index is 6.06. The van der Waals surface area contributed by atoms with E-state index in [0.29, 0.717) is 5.92 Å². The average Bonchev–Trinajstić information content (AvgIpc) is 3.08. The predicted molar refractivity (Wildman–Crippen MR) is 92.1 cm³/mol. The summed E-state index contributed by atoms with van der Waals surface area (Å²) in [6.07, 6.45) is 8.44. The van der Waals surface area contributed by atoms with Crippen molar-refractivity contribution in [2.75, 3.05) is 32.8 Å². The second kappa shape index (κ2) is 6.76. The van der Waals surface area contributed by atoms with Crippen molar-refractivity contribution in [2.45, 2.75) is 37.9 Å². The summed E-state index contributed by atoms with van der Waals surface area (Å²) in [7, 11) is 0. The van der Waals surface area contributed by atoms with Crippen molar-refractivity contribution < 1.29 is 9.47 Å². The summed E-state index contributed by atoms with van der Waals surface area (Å²) in [5.74, 6) is 0.271. The number of hydrogen-bond donors (Lipinski definition) is 0. The molecule has 2 aliphatic heterocycles. The van der Waals surface area contributed by atoms with E-state index in [1.54, 1.807) is 0 Å². The van der Waals surface area contributed by atoms with Crippen LogP contribution in [0.25, 0.3) is 5.57 Å². The standard InChI is InChI=1S/C20H27NO2/c1-2-6-17(7-3-1)18-9-12-21(13-10-18)16-19-8-4-5-11-20(19)22-14-15-23-20/h1-3,6-7,9,19H,4-5,8,10-16H2. The maximum Gasteiger partial charge on any atom is 0.172 e. The third kappa shape index (κ3) is 3.23. The highest BCUT2D eigenvalue weighted by molar-refractivity contribution is 5.66. The molecule has 1 aromatic rings. The normalized spacial score (nSPS) is 28.0. The van der Waals surface area contributed by atoms with E-state index in [2.05, 4.69) is 41.3 Å². The minimum absolute atomic E-state index is 0.262. The minimum atomic E-state index is -0.262. The fourth-order valence-corrected chi connectivity index (χ4v) is 4.37. The van der Waals surface area contributed by atoms with Crippen LogP contribution in [0.4, 0.5) is 0 Å². The third-order valence-electron chi connectivity index (χ3n) is 5.64. The highest BCUT2D eigenvalue weighted by Gasteiger charge is 2.46. The van der Waals surface area contributed by atoms with E-state index in [1.165, 1.54) is 30.4 Å². The third-order valence-corrected chi connectivity index (χ3v) is 5.64. The zero-order valence-electron chi connectivity index (χ0n) is 13.9. The Bertz CT molecular complexity index is 548. The van der Waals surface area contributed by atoms with Gasteiger partial charge in [-0.05, 0) is 30.4 Å². The molecule has 1 spiro atoms. The molecule has 23 heavy (non-hydrogen) atoms. The lowest BCUT2D eigenvalue weighted by Crippen LogP contribution is -2.48. The molecule has 1 unspecified atom stereocenters. The predicted octanol–water partition coefficient (Wildman–Crippen LogP) is 3.71. The summed E-state index contributed by atoms with van der Waals surface area (Å²) >= 11 is 0. The van der Waals surface area contributed by atoms with Gasteiger partial charge in [0.15, 0.2) is 5.79 Å². The van der Waals surface area contributed by atoms with Crippen LogP contribution in [0, 0.1) is 5.92 Å². The maximum atomic E-state index is 6.06. The second-order valence-electron chi connectivity index (χ2n) is 7.06. The number of benzene rings is 1.